The SMILES string of the molecule is Cl.Cl.[C-]#[N+]c1ccc2c(-c3cccc(N)c3)nnc(NCc3ccc(C)c(Cl)c3)c2c1. The zero-order valence-electron chi connectivity index (χ0n) is 16.6. The highest BCUT2D eigenvalue weighted by Crippen LogP contribution is 2.33. The summed E-state index contributed by atoms with van der Waals surface area (Å²) in [6.07, 6.45) is 0. The van der Waals surface area contributed by atoms with E-state index in [-0.39, 0.29) is 24.8 Å². The minimum absolute atomic E-state index is 0. The van der Waals surface area contributed by atoms with Gasteiger partial charge in [-0.3, -0.25) is 0 Å². The van der Waals surface area contributed by atoms with Gasteiger partial charge >= 0.3 is 0 Å². The zero-order valence-corrected chi connectivity index (χ0v) is 19.0. The normalized spacial score (nSPS) is 9.97. The standard InChI is InChI=1S/C23H18ClN5.2ClH/c1-14-6-7-15(10-21(14)24)13-27-23-20-12-18(26-2)8-9-19(20)22(28-29-23)16-4-3-5-17(25)11-16;;/h3-12H,13,25H2,1H3,(H,27,29);2*1H. The molecule has 0 atom stereocenters. The van der Waals surface area contributed by atoms with Crippen LogP contribution in [0.2, 0.25) is 5.02 Å². The number of aromatic nitrogens is 2. The summed E-state index contributed by atoms with van der Waals surface area (Å²) in [5.41, 5.74) is 10.8. The van der Waals surface area contributed by atoms with Crippen LogP contribution in [0.3, 0.4) is 0 Å². The molecule has 3 aromatic carbocycles. The van der Waals surface area contributed by atoms with Crippen molar-refractivity contribution in [3.8, 4) is 11.3 Å². The lowest BCUT2D eigenvalue weighted by Crippen LogP contribution is -2.04. The summed E-state index contributed by atoms with van der Waals surface area (Å²) in [6, 6.07) is 19.0. The maximum absolute atomic E-state index is 7.35. The Labute approximate surface area is 198 Å². The molecule has 1 heterocycles. The Morgan fingerprint density at radius 1 is 1.00 bits per heavy atom. The number of fused-ring (bicyclic) bond motifs is 1. The topological polar surface area (TPSA) is 68.2 Å². The summed E-state index contributed by atoms with van der Waals surface area (Å²) in [4.78, 5) is 3.55. The second kappa shape index (κ2) is 10.3. The number of aryl methyl sites for hydroxylation is 1. The van der Waals surface area contributed by atoms with Gasteiger partial charge in [-0.15, -0.1) is 35.0 Å². The lowest BCUT2D eigenvalue weighted by atomic mass is 10.0. The van der Waals surface area contributed by atoms with E-state index in [1.54, 1.807) is 6.07 Å². The van der Waals surface area contributed by atoms with E-state index in [1.807, 2.05) is 61.5 Å². The van der Waals surface area contributed by atoms with Crippen LogP contribution in [0.25, 0.3) is 26.9 Å². The van der Waals surface area contributed by atoms with E-state index >= 15 is 0 Å². The molecule has 0 unspecified atom stereocenters. The van der Waals surface area contributed by atoms with Crippen LogP contribution in [0, 0.1) is 13.5 Å². The van der Waals surface area contributed by atoms with Crippen molar-refractivity contribution in [2.24, 2.45) is 0 Å². The van der Waals surface area contributed by atoms with Gasteiger partial charge in [-0.25, -0.2) is 4.85 Å². The molecule has 0 radical (unpaired) electrons. The zero-order chi connectivity index (χ0) is 20.4. The van der Waals surface area contributed by atoms with Gasteiger partial charge in [0.2, 0.25) is 0 Å². The molecule has 0 fully saturated rings. The number of benzene rings is 3. The number of nitrogens with one attached hydrogen (secondary N) is 1. The third kappa shape index (κ3) is 5.18. The summed E-state index contributed by atoms with van der Waals surface area (Å²) in [5, 5.41) is 14.7. The van der Waals surface area contributed by atoms with Crippen LogP contribution in [0.5, 0.6) is 0 Å². The van der Waals surface area contributed by atoms with Crippen molar-refractivity contribution in [3.05, 3.63) is 88.2 Å². The van der Waals surface area contributed by atoms with Crippen molar-refractivity contribution in [2.45, 2.75) is 13.5 Å². The molecular formula is C23H20Cl3N5. The molecule has 5 nitrogen and oxygen atoms in total. The Morgan fingerprint density at radius 2 is 1.81 bits per heavy atom. The number of hydrogen-bond acceptors (Lipinski definition) is 4. The quantitative estimate of drug-likeness (QED) is 0.252. The fourth-order valence-electron chi connectivity index (χ4n) is 3.17. The first kappa shape index (κ1) is 24.2. The van der Waals surface area contributed by atoms with Crippen molar-refractivity contribution >= 4 is 64.4 Å². The number of halogens is 3. The van der Waals surface area contributed by atoms with Gasteiger partial charge in [0, 0.05) is 33.6 Å². The van der Waals surface area contributed by atoms with Gasteiger partial charge in [0.15, 0.2) is 11.5 Å². The van der Waals surface area contributed by atoms with Crippen LogP contribution in [0.1, 0.15) is 11.1 Å². The third-order valence-corrected chi connectivity index (χ3v) is 5.16. The summed E-state index contributed by atoms with van der Waals surface area (Å²) in [7, 11) is 0. The van der Waals surface area contributed by atoms with Gasteiger partial charge in [0.05, 0.1) is 6.57 Å². The highest BCUT2D eigenvalue weighted by molar-refractivity contribution is 6.31. The van der Waals surface area contributed by atoms with E-state index < -0.39 is 0 Å². The Bertz CT molecular complexity index is 1270. The molecule has 0 spiro atoms. The number of nitrogen functional groups attached to an aromatic ring is 1. The first-order chi connectivity index (χ1) is 14.0. The van der Waals surface area contributed by atoms with Gasteiger partial charge < -0.3 is 11.1 Å². The van der Waals surface area contributed by atoms with E-state index in [4.69, 9.17) is 23.9 Å². The Balaban J connectivity index is 0.00000171. The van der Waals surface area contributed by atoms with E-state index in [0.717, 1.165) is 38.2 Å². The van der Waals surface area contributed by atoms with Gasteiger partial charge in [-0.1, -0.05) is 48.0 Å². The van der Waals surface area contributed by atoms with Crippen molar-refractivity contribution in [1.82, 2.24) is 10.2 Å². The molecule has 31 heavy (non-hydrogen) atoms. The smallest absolute Gasteiger partial charge is 0.188 e. The second-order valence-corrected chi connectivity index (χ2v) is 7.21. The molecule has 4 rings (SSSR count). The number of hydrogen-bond donors (Lipinski definition) is 2. The highest BCUT2D eigenvalue weighted by atomic mass is 35.5. The Morgan fingerprint density at radius 3 is 2.52 bits per heavy atom. The molecular weight excluding hydrogens is 453 g/mol. The minimum Gasteiger partial charge on any atom is -0.399 e. The molecule has 0 aliphatic carbocycles. The molecule has 0 saturated carbocycles. The lowest BCUT2D eigenvalue weighted by Gasteiger charge is -2.12. The van der Waals surface area contributed by atoms with Gasteiger partial charge in [0.25, 0.3) is 0 Å². The summed E-state index contributed by atoms with van der Waals surface area (Å²) < 4.78 is 0. The maximum Gasteiger partial charge on any atom is 0.188 e. The Hall–Kier alpha value is -3.04. The number of nitrogens with zero attached hydrogens (tertiary/aromatic N) is 3. The average Bonchev–Trinajstić information content (AvgIpc) is 2.74. The van der Waals surface area contributed by atoms with E-state index in [1.165, 1.54) is 0 Å². The first-order valence-electron chi connectivity index (χ1n) is 9.08. The van der Waals surface area contributed by atoms with Crippen LogP contribution in [0.15, 0.2) is 60.7 Å². The predicted molar refractivity (Wildman–Crippen MR) is 134 cm³/mol. The molecule has 158 valence electrons. The molecule has 8 heteroatoms. The Kier molecular flexibility index (Phi) is 8.07. The van der Waals surface area contributed by atoms with E-state index in [0.29, 0.717) is 23.7 Å². The lowest BCUT2D eigenvalue weighted by molar-refractivity contribution is 1.02. The number of rotatable bonds is 4. The molecule has 0 aliphatic heterocycles. The van der Waals surface area contributed by atoms with E-state index in [2.05, 4.69) is 20.4 Å². The molecule has 0 amide bonds. The number of nitrogens with two attached hydrogens (primary N) is 1. The largest absolute Gasteiger partial charge is 0.399 e. The monoisotopic (exact) mass is 471 g/mol. The van der Waals surface area contributed by atoms with Gasteiger partial charge in [-0.05, 0) is 42.3 Å². The first-order valence-corrected chi connectivity index (χ1v) is 9.45. The highest BCUT2D eigenvalue weighted by Gasteiger charge is 2.12. The fraction of sp³-hybridized carbons (Fsp3) is 0.0870. The summed E-state index contributed by atoms with van der Waals surface area (Å²) >= 11 is 6.23. The summed E-state index contributed by atoms with van der Waals surface area (Å²) in [6.45, 7) is 9.87. The van der Waals surface area contributed by atoms with Crippen molar-refractivity contribution in [3.63, 3.8) is 0 Å². The number of anilines is 2. The average molecular weight is 473 g/mol. The van der Waals surface area contributed by atoms with Crippen LogP contribution < -0.4 is 11.1 Å². The van der Waals surface area contributed by atoms with Crippen LogP contribution in [0.4, 0.5) is 17.2 Å². The summed E-state index contributed by atoms with van der Waals surface area (Å²) in [5.74, 6) is 0.620. The molecule has 0 saturated heterocycles. The predicted octanol–water partition coefficient (Wildman–Crippen LogP) is 6.85. The maximum atomic E-state index is 7.35. The molecule has 0 aliphatic rings. The molecule has 3 N–H and O–H groups in total. The van der Waals surface area contributed by atoms with Crippen molar-refractivity contribution in [2.75, 3.05) is 11.1 Å². The minimum atomic E-state index is 0. The van der Waals surface area contributed by atoms with Gasteiger partial charge in [0.1, 0.15) is 5.69 Å². The van der Waals surface area contributed by atoms with E-state index in [9.17, 15) is 0 Å². The van der Waals surface area contributed by atoms with Crippen LogP contribution in [-0.2, 0) is 6.54 Å². The fourth-order valence-corrected chi connectivity index (χ4v) is 3.38. The third-order valence-electron chi connectivity index (χ3n) is 4.75. The van der Waals surface area contributed by atoms with Crippen LogP contribution in [-0.4, -0.2) is 10.2 Å². The molecule has 0 bridgehead atoms. The van der Waals surface area contributed by atoms with Crippen LogP contribution >= 0.6 is 36.4 Å². The second-order valence-electron chi connectivity index (χ2n) is 6.80. The van der Waals surface area contributed by atoms with Crippen molar-refractivity contribution < 1.29 is 0 Å². The molecule has 4 aromatic rings. The van der Waals surface area contributed by atoms with Crippen molar-refractivity contribution in [1.29, 1.82) is 0 Å². The van der Waals surface area contributed by atoms with Gasteiger partial charge in [-0.2, -0.15) is 0 Å². The molecule has 1 aromatic heterocycles.